The first-order valence-electron chi connectivity index (χ1n) is 10.4. The number of hydrogen-bond donors (Lipinski definition) is 1. The van der Waals surface area contributed by atoms with Crippen molar-refractivity contribution in [3.8, 4) is 5.69 Å². The molecule has 2 amide bonds. The number of benzene rings is 1. The highest BCUT2D eigenvalue weighted by molar-refractivity contribution is 6.44. The Morgan fingerprint density at radius 2 is 1.78 bits per heavy atom. The number of amides is 2. The van der Waals surface area contributed by atoms with Crippen molar-refractivity contribution in [2.75, 3.05) is 20.3 Å². The number of methoxy groups -OCH3 is 1. The van der Waals surface area contributed by atoms with E-state index in [0.29, 0.717) is 17.8 Å². The van der Waals surface area contributed by atoms with Crippen molar-refractivity contribution < 1.29 is 18.9 Å². The van der Waals surface area contributed by atoms with Crippen LogP contribution in [-0.4, -0.2) is 46.8 Å². The predicted octanol–water partition coefficient (Wildman–Crippen LogP) is 1.71. The van der Waals surface area contributed by atoms with Gasteiger partial charge in [-0.15, -0.1) is 0 Å². The number of imide groups is 1. The number of ether oxygens (including phenoxy) is 1. The fourth-order valence-corrected chi connectivity index (χ4v) is 3.90. The van der Waals surface area contributed by atoms with Crippen LogP contribution in [0.2, 0.25) is 0 Å². The molecule has 1 aliphatic rings. The van der Waals surface area contributed by atoms with Crippen LogP contribution in [0.1, 0.15) is 23.7 Å². The first kappa shape index (κ1) is 21.5. The third-order valence-electron chi connectivity index (χ3n) is 5.45. The van der Waals surface area contributed by atoms with Crippen molar-refractivity contribution in [2.24, 2.45) is 0 Å². The van der Waals surface area contributed by atoms with Crippen LogP contribution in [-0.2, 0) is 20.7 Å². The zero-order valence-corrected chi connectivity index (χ0v) is 18.3. The van der Waals surface area contributed by atoms with Gasteiger partial charge in [-0.2, -0.15) is 4.57 Å². The molecule has 2 aromatic heterocycles. The zero-order valence-electron chi connectivity index (χ0n) is 18.3. The molecule has 0 unspecified atom stereocenters. The summed E-state index contributed by atoms with van der Waals surface area (Å²) in [6, 6.07) is 12.8. The van der Waals surface area contributed by atoms with Crippen LogP contribution in [0, 0.1) is 6.92 Å². The highest BCUT2D eigenvalue weighted by Crippen LogP contribution is 2.30. The summed E-state index contributed by atoms with van der Waals surface area (Å²) in [6.45, 7) is 4.11. The molecule has 32 heavy (non-hydrogen) atoms. The minimum Gasteiger partial charge on any atom is -0.383 e. The lowest BCUT2D eigenvalue weighted by Gasteiger charge is -2.12. The van der Waals surface area contributed by atoms with Crippen molar-refractivity contribution in [1.29, 1.82) is 0 Å². The lowest BCUT2D eigenvalue weighted by atomic mass is 10.0. The van der Waals surface area contributed by atoms with Crippen LogP contribution in [0.15, 0.2) is 59.7 Å². The molecule has 1 aromatic carbocycles. The summed E-state index contributed by atoms with van der Waals surface area (Å²) >= 11 is 0. The van der Waals surface area contributed by atoms with Gasteiger partial charge in [0.15, 0.2) is 12.4 Å². The van der Waals surface area contributed by atoms with E-state index in [9.17, 15) is 14.4 Å². The summed E-state index contributed by atoms with van der Waals surface area (Å²) in [7, 11) is 1.51. The van der Waals surface area contributed by atoms with Gasteiger partial charge in [0, 0.05) is 24.4 Å². The molecule has 0 saturated heterocycles. The van der Waals surface area contributed by atoms with E-state index >= 15 is 0 Å². The second-order valence-electron chi connectivity index (χ2n) is 7.56. The Kier molecular flexibility index (Phi) is 5.87. The Labute approximate surface area is 185 Å². The number of carbonyl (C=O) groups excluding carboxylic acids is 2. The maximum absolute atomic E-state index is 13.5. The Balaban J connectivity index is 1.98. The number of aromatic amines is 1. The Bertz CT molecular complexity index is 1270. The number of pyridine rings is 1. The highest BCUT2D eigenvalue weighted by Gasteiger charge is 2.47. The van der Waals surface area contributed by atoms with Gasteiger partial charge in [-0.05, 0) is 31.5 Å². The number of para-hydroxylation sites is 1. The van der Waals surface area contributed by atoms with Gasteiger partial charge < -0.3 is 4.74 Å². The number of H-pyrrole nitrogens is 1. The molecule has 0 radical (unpaired) electrons. The summed E-state index contributed by atoms with van der Waals surface area (Å²) in [6.07, 6.45) is 3.97. The number of nitrogens with zero attached hydrogens (tertiary/aromatic N) is 3. The minimum absolute atomic E-state index is 0.103. The number of nitrogens with one attached hydrogen (secondary N) is 1. The van der Waals surface area contributed by atoms with Crippen LogP contribution in [0.3, 0.4) is 0 Å². The highest BCUT2D eigenvalue weighted by atomic mass is 16.5. The number of carbonyl (C=O) groups is 2. The van der Waals surface area contributed by atoms with Crippen molar-refractivity contribution >= 4 is 23.1 Å². The van der Waals surface area contributed by atoms with Gasteiger partial charge >= 0.3 is 5.91 Å². The minimum atomic E-state index is -0.498. The number of hydrogen-bond acceptors (Lipinski definition) is 4. The van der Waals surface area contributed by atoms with Gasteiger partial charge in [0.1, 0.15) is 5.57 Å². The number of aromatic nitrogens is 3. The maximum atomic E-state index is 13.5. The van der Waals surface area contributed by atoms with Crippen molar-refractivity contribution in [2.45, 2.75) is 20.3 Å². The monoisotopic (exact) mass is 433 g/mol. The van der Waals surface area contributed by atoms with E-state index in [1.54, 1.807) is 35.2 Å². The standard InChI is InChI=1S/C24H24N4O4/c1-4-18-19(23(30)28(25-18)17-10-6-5-7-11-17)20-21(26-12-8-9-16(2)15-26)24(31)27(22(20)29)13-14-32-3/h5-12,15H,4,13-14H2,1-3H3/p+1. The van der Waals surface area contributed by atoms with Gasteiger partial charge in [0.05, 0.1) is 24.4 Å². The molecule has 0 saturated carbocycles. The molecule has 164 valence electrons. The van der Waals surface area contributed by atoms with Crippen molar-refractivity contribution in [3.63, 3.8) is 0 Å². The molecule has 3 aromatic rings. The van der Waals surface area contributed by atoms with Crippen molar-refractivity contribution in [3.05, 3.63) is 82.0 Å². The first-order chi connectivity index (χ1) is 15.5. The Morgan fingerprint density at radius 3 is 2.44 bits per heavy atom. The maximum Gasteiger partial charge on any atom is 0.326 e. The van der Waals surface area contributed by atoms with Crippen LogP contribution < -0.4 is 10.1 Å². The number of aryl methyl sites for hydroxylation is 2. The molecule has 0 spiro atoms. The quantitative estimate of drug-likeness (QED) is 0.454. The average molecular weight is 433 g/mol. The third-order valence-corrected chi connectivity index (χ3v) is 5.45. The molecule has 0 fully saturated rings. The van der Waals surface area contributed by atoms with E-state index < -0.39 is 11.8 Å². The van der Waals surface area contributed by atoms with E-state index in [0.717, 1.165) is 10.5 Å². The molecular weight excluding hydrogens is 408 g/mol. The van der Waals surface area contributed by atoms with E-state index in [1.807, 2.05) is 38.1 Å². The summed E-state index contributed by atoms with van der Waals surface area (Å²) < 4.78 is 8.12. The predicted molar refractivity (Wildman–Crippen MR) is 119 cm³/mol. The molecular formula is C24H25N4O4+. The molecule has 4 rings (SSSR count). The van der Waals surface area contributed by atoms with Crippen LogP contribution in [0.25, 0.3) is 17.0 Å². The Hall–Kier alpha value is -3.78. The van der Waals surface area contributed by atoms with Gasteiger partial charge in [-0.25, -0.2) is 4.68 Å². The molecule has 8 heteroatoms. The topological polar surface area (TPSA) is 88.3 Å². The van der Waals surface area contributed by atoms with E-state index in [4.69, 9.17) is 4.74 Å². The van der Waals surface area contributed by atoms with Gasteiger partial charge in [-0.3, -0.25) is 24.4 Å². The van der Waals surface area contributed by atoms with Crippen LogP contribution >= 0.6 is 0 Å². The molecule has 8 nitrogen and oxygen atoms in total. The summed E-state index contributed by atoms with van der Waals surface area (Å²) in [5.41, 5.74) is 2.28. The smallest absolute Gasteiger partial charge is 0.326 e. The van der Waals surface area contributed by atoms with Crippen LogP contribution in [0.4, 0.5) is 0 Å². The van der Waals surface area contributed by atoms with Gasteiger partial charge in [-0.1, -0.05) is 25.1 Å². The lowest BCUT2D eigenvalue weighted by Crippen LogP contribution is -2.40. The average Bonchev–Trinajstić information content (AvgIpc) is 3.25. The second kappa shape index (κ2) is 8.76. The largest absolute Gasteiger partial charge is 0.383 e. The Morgan fingerprint density at radius 1 is 1.03 bits per heavy atom. The molecule has 1 aliphatic heterocycles. The third kappa shape index (κ3) is 3.58. The molecule has 0 aliphatic carbocycles. The summed E-state index contributed by atoms with van der Waals surface area (Å²) in [5.74, 6) is -0.950. The lowest BCUT2D eigenvalue weighted by molar-refractivity contribution is -0.577. The molecule has 0 bridgehead atoms. The molecule has 0 atom stereocenters. The molecule has 1 N–H and O–H groups in total. The van der Waals surface area contributed by atoms with Gasteiger partial charge in [0.25, 0.3) is 17.2 Å². The molecule has 3 heterocycles. The fourth-order valence-electron chi connectivity index (χ4n) is 3.90. The van der Waals surface area contributed by atoms with E-state index in [1.165, 1.54) is 11.8 Å². The van der Waals surface area contributed by atoms with Gasteiger partial charge in [0.2, 0.25) is 0 Å². The first-order valence-corrected chi connectivity index (χ1v) is 10.4. The fraction of sp³-hybridized carbons (Fsp3) is 0.250. The normalized spacial score (nSPS) is 14.0. The van der Waals surface area contributed by atoms with E-state index in [-0.39, 0.29) is 35.5 Å². The second-order valence-corrected chi connectivity index (χ2v) is 7.56. The van der Waals surface area contributed by atoms with E-state index in [2.05, 4.69) is 5.10 Å². The van der Waals surface area contributed by atoms with Crippen molar-refractivity contribution in [1.82, 2.24) is 14.7 Å². The zero-order chi connectivity index (χ0) is 22.8. The summed E-state index contributed by atoms with van der Waals surface area (Å²) in [5, 5.41) is 3.12. The summed E-state index contributed by atoms with van der Waals surface area (Å²) in [4.78, 5) is 41.5. The van der Waals surface area contributed by atoms with Crippen LogP contribution in [0.5, 0.6) is 0 Å². The SMILES string of the molecule is CCc1[nH]n(-c2ccccc2)c(=O)c1C1=C([n+]2cccc(C)c2)C(=O)N(CCOC)C1=O. The number of rotatable bonds is 7.